The first-order valence-electron chi connectivity index (χ1n) is 9.47. The Bertz CT molecular complexity index is 922. The minimum Gasteiger partial charge on any atom is -0.235 e. The number of nitriles is 1. The number of hydrogen-bond donors (Lipinski definition) is 0. The van der Waals surface area contributed by atoms with Crippen LogP contribution in [0.4, 0.5) is 0 Å². The van der Waals surface area contributed by atoms with Crippen molar-refractivity contribution in [2.24, 2.45) is 0 Å². The lowest BCUT2D eigenvalue weighted by molar-refractivity contribution is 0.667. The van der Waals surface area contributed by atoms with Gasteiger partial charge in [-0.15, -0.1) is 0 Å². The summed E-state index contributed by atoms with van der Waals surface area (Å²) in [6.07, 6.45) is 6.34. The number of rotatable bonds is 7. The average Bonchev–Trinajstić information content (AvgIpc) is 2.72. The van der Waals surface area contributed by atoms with Crippen molar-refractivity contribution in [2.75, 3.05) is 0 Å². The zero-order chi connectivity index (χ0) is 19.1. The molecule has 0 spiro atoms. The number of nitrogens with zero attached hydrogens (tertiary/aromatic N) is 2. The van der Waals surface area contributed by atoms with E-state index in [1.807, 2.05) is 24.3 Å². The van der Waals surface area contributed by atoms with Gasteiger partial charge in [0.2, 0.25) is 0 Å². The van der Waals surface area contributed by atoms with Crippen LogP contribution in [0.25, 0.3) is 22.4 Å². The molecule has 0 radical (unpaired) electrons. The predicted octanol–water partition coefficient (Wildman–Crippen LogP) is 7.06. The summed E-state index contributed by atoms with van der Waals surface area (Å²) in [5.41, 5.74) is 5.95. The largest absolute Gasteiger partial charge is 0.235 e. The van der Waals surface area contributed by atoms with Crippen molar-refractivity contribution in [3.05, 3.63) is 76.9 Å². The van der Waals surface area contributed by atoms with Crippen LogP contribution in [-0.4, -0.2) is 4.98 Å². The highest BCUT2D eigenvalue weighted by molar-refractivity contribution is 6.30. The Morgan fingerprint density at radius 3 is 2.04 bits per heavy atom. The van der Waals surface area contributed by atoms with E-state index in [2.05, 4.69) is 48.3 Å². The molecule has 3 rings (SSSR count). The van der Waals surface area contributed by atoms with E-state index in [0.29, 0.717) is 5.56 Å². The van der Waals surface area contributed by atoms with Gasteiger partial charge in [-0.2, -0.15) is 5.26 Å². The van der Waals surface area contributed by atoms with Gasteiger partial charge in [0.1, 0.15) is 11.2 Å². The maximum Gasteiger partial charge on any atom is 0.147 e. The normalized spacial score (nSPS) is 10.6. The zero-order valence-corrected chi connectivity index (χ0v) is 16.3. The lowest BCUT2D eigenvalue weighted by Gasteiger charge is -2.07. The molecule has 1 aromatic heterocycles. The van der Waals surface area contributed by atoms with Gasteiger partial charge in [0.15, 0.2) is 0 Å². The van der Waals surface area contributed by atoms with Crippen molar-refractivity contribution >= 4 is 11.6 Å². The van der Waals surface area contributed by atoms with E-state index in [1.165, 1.54) is 42.4 Å². The first-order valence-corrected chi connectivity index (χ1v) is 9.85. The summed E-state index contributed by atoms with van der Waals surface area (Å²) in [4.78, 5) is 4.31. The number of aromatic nitrogens is 1. The Kier molecular flexibility index (Phi) is 6.63. The van der Waals surface area contributed by atoms with Gasteiger partial charge in [-0.3, -0.25) is 0 Å². The summed E-state index contributed by atoms with van der Waals surface area (Å²) in [5.74, 6) is 0. The van der Waals surface area contributed by atoms with Crippen LogP contribution in [-0.2, 0) is 6.42 Å². The van der Waals surface area contributed by atoms with Gasteiger partial charge >= 0.3 is 0 Å². The number of benzene rings is 2. The van der Waals surface area contributed by atoms with E-state index in [1.54, 1.807) is 6.07 Å². The molecular formula is C24H23ClN2. The second-order valence-corrected chi connectivity index (χ2v) is 7.09. The highest BCUT2D eigenvalue weighted by Gasteiger charge is 2.06. The molecule has 0 N–H and O–H groups in total. The Morgan fingerprint density at radius 2 is 1.44 bits per heavy atom. The van der Waals surface area contributed by atoms with Crippen molar-refractivity contribution in [1.29, 1.82) is 5.26 Å². The third kappa shape index (κ3) is 4.96. The van der Waals surface area contributed by atoms with Crippen molar-refractivity contribution in [3.63, 3.8) is 0 Å². The van der Waals surface area contributed by atoms with Crippen LogP contribution in [0.1, 0.15) is 43.7 Å². The molecule has 0 fully saturated rings. The third-order valence-electron chi connectivity index (χ3n) is 4.76. The first-order chi connectivity index (χ1) is 13.2. The SMILES string of the molecule is CCCCCCc1ccc(-c2ccc(-c3ccc(C#N)c(Cl)n3)cc2)cc1. The molecule has 0 amide bonds. The van der Waals surface area contributed by atoms with Crippen LogP contribution in [0.3, 0.4) is 0 Å². The summed E-state index contributed by atoms with van der Waals surface area (Å²) in [6, 6.07) is 22.7. The number of aryl methyl sites for hydroxylation is 1. The van der Waals surface area contributed by atoms with Gasteiger partial charge in [0.25, 0.3) is 0 Å². The fraction of sp³-hybridized carbons (Fsp3) is 0.250. The van der Waals surface area contributed by atoms with Crippen molar-refractivity contribution in [3.8, 4) is 28.5 Å². The van der Waals surface area contributed by atoms with E-state index in [0.717, 1.165) is 17.7 Å². The van der Waals surface area contributed by atoms with E-state index in [4.69, 9.17) is 16.9 Å². The quantitative estimate of drug-likeness (QED) is 0.327. The summed E-state index contributed by atoms with van der Waals surface area (Å²) in [7, 11) is 0. The van der Waals surface area contributed by atoms with E-state index >= 15 is 0 Å². The second kappa shape index (κ2) is 9.35. The summed E-state index contributed by atoms with van der Waals surface area (Å²) < 4.78 is 0. The average molecular weight is 375 g/mol. The topological polar surface area (TPSA) is 36.7 Å². The molecule has 2 nitrogen and oxygen atoms in total. The molecule has 1 heterocycles. The van der Waals surface area contributed by atoms with Gasteiger partial charge in [-0.1, -0.05) is 86.3 Å². The number of halogens is 1. The molecular weight excluding hydrogens is 352 g/mol. The van der Waals surface area contributed by atoms with Crippen molar-refractivity contribution in [1.82, 2.24) is 4.98 Å². The number of hydrogen-bond acceptors (Lipinski definition) is 2. The molecule has 27 heavy (non-hydrogen) atoms. The highest BCUT2D eigenvalue weighted by Crippen LogP contribution is 2.26. The van der Waals surface area contributed by atoms with Crippen LogP contribution < -0.4 is 0 Å². The molecule has 0 aliphatic carbocycles. The molecule has 0 unspecified atom stereocenters. The van der Waals surface area contributed by atoms with Crippen molar-refractivity contribution < 1.29 is 0 Å². The maximum atomic E-state index is 8.96. The zero-order valence-electron chi connectivity index (χ0n) is 15.6. The predicted molar refractivity (Wildman–Crippen MR) is 113 cm³/mol. The molecule has 2 aromatic carbocycles. The van der Waals surface area contributed by atoms with E-state index in [-0.39, 0.29) is 5.15 Å². The first kappa shape index (κ1) is 19.1. The van der Waals surface area contributed by atoms with Crippen LogP contribution in [0.5, 0.6) is 0 Å². The molecule has 136 valence electrons. The Balaban J connectivity index is 1.70. The molecule has 0 saturated carbocycles. The van der Waals surface area contributed by atoms with Gasteiger partial charge in [0.05, 0.1) is 11.3 Å². The van der Waals surface area contributed by atoms with Gasteiger partial charge in [-0.05, 0) is 41.7 Å². The molecule has 3 heteroatoms. The monoisotopic (exact) mass is 374 g/mol. The standard InChI is InChI=1S/C24H23ClN2/c1-2-3-4-5-6-18-7-9-19(10-8-18)20-11-13-21(14-12-20)23-16-15-22(17-26)24(25)27-23/h7-16H,2-6H2,1H3. The Labute approximate surface area is 166 Å². The second-order valence-electron chi connectivity index (χ2n) is 6.73. The lowest BCUT2D eigenvalue weighted by Crippen LogP contribution is -1.88. The molecule has 3 aromatic rings. The Morgan fingerprint density at radius 1 is 0.815 bits per heavy atom. The molecule has 0 atom stereocenters. The minimum absolute atomic E-state index is 0.244. The maximum absolute atomic E-state index is 8.96. The van der Waals surface area contributed by atoms with Gasteiger partial charge in [-0.25, -0.2) is 4.98 Å². The summed E-state index contributed by atoms with van der Waals surface area (Å²) in [5, 5.41) is 9.20. The fourth-order valence-electron chi connectivity index (χ4n) is 3.13. The minimum atomic E-state index is 0.244. The Hall–Kier alpha value is -2.63. The molecule has 0 aliphatic rings. The smallest absolute Gasteiger partial charge is 0.147 e. The summed E-state index contributed by atoms with van der Waals surface area (Å²) >= 11 is 6.04. The number of unbranched alkanes of at least 4 members (excludes halogenated alkanes) is 3. The third-order valence-corrected chi connectivity index (χ3v) is 5.04. The van der Waals surface area contributed by atoms with Gasteiger partial charge in [0, 0.05) is 5.56 Å². The van der Waals surface area contributed by atoms with Crippen LogP contribution in [0.15, 0.2) is 60.7 Å². The molecule has 0 saturated heterocycles. The van der Waals surface area contributed by atoms with Crippen LogP contribution in [0, 0.1) is 11.3 Å². The molecule has 0 bridgehead atoms. The highest BCUT2D eigenvalue weighted by atomic mass is 35.5. The lowest BCUT2D eigenvalue weighted by atomic mass is 9.99. The fourth-order valence-corrected chi connectivity index (χ4v) is 3.33. The van der Waals surface area contributed by atoms with E-state index in [9.17, 15) is 0 Å². The summed E-state index contributed by atoms with van der Waals surface area (Å²) in [6.45, 7) is 2.24. The van der Waals surface area contributed by atoms with Crippen LogP contribution in [0.2, 0.25) is 5.15 Å². The van der Waals surface area contributed by atoms with Crippen LogP contribution >= 0.6 is 11.6 Å². The number of pyridine rings is 1. The molecule has 0 aliphatic heterocycles. The van der Waals surface area contributed by atoms with Crippen molar-refractivity contribution in [2.45, 2.75) is 39.0 Å². The van der Waals surface area contributed by atoms with E-state index < -0.39 is 0 Å². The van der Waals surface area contributed by atoms with Gasteiger partial charge < -0.3 is 0 Å².